The molecule has 0 saturated carbocycles. The fourth-order valence-corrected chi connectivity index (χ4v) is 1.65. The number of methoxy groups -OCH3 is 1. The summed E-state index contributed by atoms with van der Waals surface area (Å²) in [6, 6.07) is 8.43. The summed E-state index contributed by atoms with van der Waals surface area (Å²) in [4.78, 5) is 0. The van der Waals surface area contributed by atoms with E-state index in [0.717, 1.165) is 12.2 Å². The Kier molecular flexibility index (Phi) is 4.59. The van der Waals surface area contributed by atoms with Gasteiger partial charge in [0, 0.05) is 25.7 Å². The SMILES string of the molecule is CCC(NN(C)C)c1ccccc1OC. The first-order valence-electron chi connectivity index (χ1n) is 5.25. The maximum Gasteiger partial charge on any atom is 0.123 e. The van der Waals surface area contributed by atoms with E-state index < -0.39 is 0 Å². The highest BCUT2D eigenvalue weighted by Gasteiger charge is 2.13. The van der Waals surface area contributed by atoms with Gasteiger partial charge in [-0.2, -0.15) is 0 Å². The lowest BCUT2D eigenvalue weighted by Crippen LogP contribution is -2.34. The van der Waals surface area contributed by atoms with Gasteiger partial charge < -0.3 is 4.74 Å². The molecule has 1 aromatic rings. The number of para-hydroxylation sites is 1. The average Bonchev–Trinajstić information content (AvgIpc) is 2.25. The minimum absolute atomic E-state index is 0.302. The Morgan fingerprint density at radius 1 is 1.33 bits per heavy atom. The van der Waals surface area contributed by atoms with Crippen LogP contribution in [0, 0.1) is 0 Å². The fraction of sp³-hybridized carbons (Fsp3) is 0.500. The Morgan fingerprint density at radius 3 is 2.53 bits per heavy atom. The van der Waals surface area contributed by atoms with Crippen LogP contribution in [0.4, 0.5) is 0 Å². The number of nitrogens with zero attached hydrogens (tertiary/aromatic N) is 1. The van der Waals surface area contributed by atoms with E-state index in [1.165, 1.54) is 5.56 Å². The van der Waals surface area contributed by atoms with Crippen LogP contribution in [0.25, 0.3) is 0 Å². The molecule has 84 valence electrons. The van der Waals surface area contributed by atoms with E-state index in [9.17, 15) is 0 Å². The zero-order chi connectivity index (χ0) is 11.3. The predicted molar refractivity (Wildman–Crippen MR) is 62.8 cm³/mol. The van der Waals surface area contributed by atoms with E-state index >= 15 is 0 Å². The second-order valence-electron chi connectivity index (χ2n) is 3.73. The lowest BCUT2D eigenvalue weighted by Gasteiger charge is -2.23. The van der Waals surface area contributed by atoms with E-state index in [-0.39, 0.29) is 0 Å². The highest BCUT2D eigenvalue weighted by atomic mass is 16.5. The molecule has 1 atom stereocenters. The molecule has 0 aliphatic rings. The largest absolute Gasteiger partial charge is 0.496 e. The van der Waals surface area contributed by atoms with E-state index in [1.807, 2.05) is 37.3 Å². The van der Waals surface area contributed by atoms with E-state index in [0.29, 0.717) is 6.04 Å². The lowest BCUT2D eigenvalue weighted by molar-refractivity contribution is 0.235. The molecule has 0 heterocycles. The summed E-state index contributed by atoms with van der Waals surface area (Å²) >= 11 is 0. The van der Waals surface area contributed by atoms with Crippen LogP contribution < -0.4 is 10.2 Å². The molecule has 0 aromatic heterocycles. The molecular formula is C12H20N2O. The molecular weight excluding hydrogens is 188 g/mol. The number of benzene rings is 1. The topological polar surface area (TPSA) is 24.5 Å². The minimum atomic E-state index is 0.302. The molecule has 15 heavy (non-hydrogen) atoms. The Bertz CT molecular complexity index is 299. The summed E-state index contributed by atoms with van der Waals surface area (Å²) in [7, 11) is 5.71. The van der Waals surface area contributed by atoms with Crippen molar-refractivity contribution < 1.29 is 4.74 Å². The van der Waals surface area contributed by atoms with Crippen LogP contribution in [0.5, 0.6) is 5.75 Å². The van der Waals surface area contributed by atoms with Gasteiger partial charge >= 0.3 is 0 Å². The maximum atomic E-state index is 5.35. The summed E-state index contributed by atoms with van der Waals surface area (Å²) in [5.41, 5.74) is 4.58. The van der Waals surface area contributed by atoms with Gasteiger partial charge in [0.2, 0.25) is 0 Å². The van der Waals surface area contributed by atoms with Gasteiger partial charge in [0.15, 0.2) is 0 Å². The monoisotopic (exact) mass is 208 g/mol. The van der Waals surface area contributed by atoms with Crippen LogP contribution >= 0.6 is 0 Å². The molecule has 1 N–H and O–H groups in total. The average molecular weight is 208 g/mol. The molecule has 0 amide bonds. The van der Waals surface area contributed by atoms with Gasteiger partial charge in [0.25, 0.3) is 0 Å². The quantitative estimate of drug-likeness (QED) is 0.751. The van der Waals surface area contributed by atoms with Crippen molar-refractivity contribution in [3.05, 3.63) is 29.8 Å². The van der Waals surface area contributed by atoms with E-state index in [2.05, 4.69) is 18.4 Å². The number of hydrazine groups is 1. The Labute approximate surface area is 92.0 Å². The molecule has 0 spiro atoms. The first-order valence-corrected chi connectivity index (χ1v) is 5.25. The Morgan fingerprint density at radius 2 is 2.00 bits per heavy atom. The van der Waals surface area contributed by atoms with Crippen LogP contribution in [0.3, 0.4) is 0 Å². The van der Waals surface area contributed by atoms with Crippen LogP contribution in [0.2, 0.25) is 0 Å². The van der Waals surface area contributed by atoms with Crippen molar-refractivity contribution in [3.63, 3.8) is 0 Å². The van der Waals surface area contributed by atoms with Gasteiger partial charge in [-0.1, -0.05) is 25.1 Å². The highest BCUT2D eigenvalue weighted by molar-refractivity contribution is 5.35. The lowest BCUT2D eigenvalue weighted by atomic mass is 10.0. The summed E-state index contributed by atoms with van der Waals surface area (Å²) in [6.07, 6.45) is 1.03. The smallest absolute Gasteiger partial charge is 0.123 e. The van der Waals surface area contributed by atoms with Gasteiger partial charge in [-0.25, -0.2) is 5.43 Å². The standard InChI is InChI=1S/C12H20N2O/c1-5-11(13-14(2)3)10-8-6-7-9-12(10)15-4/h6-9,11,13H,5H2,1-4H3. The summed E-state index contributed by atoms with van der Waals surface area (Å²) in [6.45, 7) is 2.16. The number of hydrogen-bond acceptors (Lipinski definition) is 3. The Hall–Kier alpha value is -1.06. The van der Waals surface area contributed by atoms with Gasteiger partial charge in [-0.05, 0) is 12.5 Å². The van der Waals surface area contributed by atoms with Crippen LogP contribution in [-0.4, -0.2) is 26.2 Å². The van der Waals surface area contributed by atoms with Crippen LogP contribution in [-0.2, 0) is 0 Å². The molecule has 0 fully saturated rings. The highest BCUT2D eigenvalue weighted by Crippen LogP contribution is 2.26. The predicted octanol–water partition coefficient (Wildman–Crippen LogP) is 2.21. The van der Waals surface area contributed by atoms with Crippen molar-refractivity contribution in [1.29, 1.82) is 0 Å². The first kappa shape index (κ1) is 12.0. The van der Waals surface area contributed by atoms with Crippen molar-refractivity contribution in [1.82, 2.24) is 10.4 Å². The van der Waals surface area contributed by atoms with Crippen molar-refractivity contribution in [2.45, 2.75) is 19.4 Å². The fourth-order valence-electron chi connectivity index (χ4n) is 1.65. The second kappa shape index (κ2) is 5.73. The number of nitrogens with one attached hydrogen (secondary N) is 1. The van der Waals surface area contributed by atoms with Crippen molar-refractivity contribution in [2.24, 2.45) is 0 Å². The van der Waals surface area contributed by atoms with Crippen LogP contribution in [0.1, 0.15) is 24.9 Å². The molecule has 0 aliphatic carbocycles. The molecule has 3 heteroatoms. The molecule has 1 unspecified atom stereocenters. The zero-order valence-corrected chi connectivity index (χ0v) is 9.95. The first-order chi connectivity index (χ1) is 7.19. The molecule has 1 aromatic carbocycles. The van der Waals surface area contributed by atoms with Gasteiger partial charge in [0.1, 0.15) is 5.75 Å². The zero-order valence-electron chi connectivity index (χ0n) is 9.95. The number of hydrogen-bond donors (Lipinski definition) is 1. The Balaban J connectivity index is 2.90. The molecule has 1 rings (SSSR count). The molecule has 0 bridgehead atoms. The maximum absolute atomic E-state index is 5.35. The van der Waals surface area contributed by atoms with Gasteiger partial charge in [-0.3, -0.25) is 5.01 Å². The number of rotatable bonds is 5. The second-order valence-corrected chi connectivity index (χ2v) is 3.73. The third-order valence-corrected chi connectivity index (χ3v) is 2.34. The normalized spacial score (nSPS) is 12.9. The van der Waals surface area contributed by atoms with Gasteiger partial charge in [-0.15, -0.1) is 0 Å². The summed E-state index contributed by atoms with van der Waals surface area (Å²) in [5.74, 6) is 0.943. The third-order valence-electron chi connectivity index (χ3n) is 2.34. The summed E-state index contributed by atoms with van der Waals surface area (Å²) in [5, 5.41) is 1.97. The third kappa shape index (κ3) is 3.22. The minimum Gasteiger partial charge on any atom is -0.496 e. The van der Waals surface area contributed by atoms with E-state index in [1.54, 1.807) is 7.11 Å². The van der Waals surface area contributed by atoms with Crippen molar-refractivity contribution in [2.75, 3.05) is 21.2 Å². The van der Waals surface area contributed by atoms with Gasteiger partial charge in [0.05, 0.1) is 7.11 Å². The molecule has 3 nitrogen and oxygen atoms in total. The van der Waals surface area contributed by atoms with Crippen molar-refractivity contribution >= 4 is 0 Å². The van der Waals surface area contributed by atoms with Crippen molar-refractivity contribution in [3.8, 4) is 5.75 Å². The van der Waals surface area contributed by atoms with E-state index in [4.69, 9.17) is 4.74 Å². The number of ether oxygens (including phenoxy) is 1. The molecule has 0 radical (unpaired) electrons. The summed E-state index contributed by atoms with van der Waals surface area (Å²) < 4.78 is 5.35. The molecule has 0 aliphatic heterocycles. The van der Waals surface area contributed by atoms with Crippen LogP contribution in [0.15, 0.2) is 24.3 Å². The molecule has 0 saturated heterocycles.